The molecule has 0 aromatic heterocycles. The molecular weight excluding hydrogens is 508 g/mol. The molecule has 2 atom stereocenters. The van der Waals surface area contributed by atoms with Crippen molar-refractivity contribution >= 4 is 17.4 Å². The van der Waals surface area contributed by atoms with Crippen LogP contribution in [0.1, 0.15) is 42.7 Å². The minimum absolute atomic E-state index is 0.0517. The van der Waals surface area contributed by atoms with E-state index in [0.717, 1.165) is 11.3 Å². The molecule has 3 N–H and O–H groups in total. The Labute approximate surface area is 233 Å². The number of dihydropyridines is 1. The number of carbonyl (C=O) groups excluding carboxylic acids is 2. The maximum absolute atomic E-state index is 13.9. The standard InChI is InChI=1S/C32H32N2O6/c1-18-29(32(37)34-22-9-11-24(38-2)12-10-22)30(20-6-5-7-23(35)14-20)31-25(33-18)15-21(16-26(31)36)19-8-13-27(39-3)28(17-19)40-4/h5-14,17,21,30,33,35H,15-16H2,1-4H3,(H,34,37). The molecule has 0 saturated heterocycles. The van der Waals surface area contributed by atoms with E-state index in [2.05, 4.69) is 10.6 Å². The van der Waals surface area contributed by atoms with Gasteiger partial charge in [-0.3, -0.25) is 9.59 Å². The van der Waals surface area contributed by atoms with E-state index in [-0.39, 0.29) is 29.8 Å². The molecule has 3 aromatic rings. The van der Waals surface area contributed by atoms with Crippen LogP contribution in [0.25, 0.3) is 0 Å². The smallest absolute Gasteiger partial charge is 0.254 e. The highest BCUT2D eigenvalue weighted by atomic mass is 16.5. The Hall–Kier alpha value is -4.72. The van der Waals surface area contributed by atoms with Crippen molar-refractivity contribution < 1.29 is 28.9 Å². The summed E-state index contributed by atoms with van der Waals surface area (Å²) in [5.41, 5.74) is 4.65. The molecule has 1 aliphatic heterocycles. The molecule has 8 nitrogen and oxygen atoms in total. The first-order valence-corrected chi connectivity index (χ1v) is 13.0. The van der Waals surface area contributed by atoms with Crippen LogP contribution in [0.2, 0.25) is 0 Å². The molecule has 8 heteroatoms. The van der Waals surface area contributed by atoms with Gasteiger partial charge in [-0.25, -0.2) is 0 Å². The van der Waals surface area contributed by atoms with Crippen molar-refractivity contribution in [1.29, 1.82) is 0 Å². The largest absolute Gasteiger partial charge is 0.508 e. The number of allylic oxidation sites excluding steroid dienone is 3. The first-order chi connectivity index (χ1) is 19.3. The van der Waals surface area contributed by atoms with E-state index in [0.29, 0.717) is 51.8 Å². The highest BCUT2D eigenvalue weighted by Crippen LogP contribution is 2.46. The van der Waals surface area contributed by atoms with E-state index in [9.17, 15) is 14.7 Å². The van der Waals surface area contributed by atoms with Crippen molar-refractivity contribution in [1.82, 2.24) is 5.32 Å². The van der Waals surface area contributed by atoms with E-state index in [1.807, 2.05) is 31.2 Å². The lowest BCUT2D eigenvalue weighted by Crippen LogP contribution is -2.37. The van der Waals surface area contributed by atoms with Crippen LogP contribution in [-0.2, 0) is 9.59 Å². The van der Waals surface area contributed by atoms with Crippen LogP contribution in [-0.4, -0.2) is 38.1 Å². The van der Waals surface area contributed by atoms with Gasteiger partial charge >= 0.3 is 0 Å². The summed E-state index contributed by atoms with van der Waals surface area (Å²) < 4.78 is 16.1. The highest BCUT2D eigenvalue weighted by Gasteiger charge is 2.41. The fraction of sp³-hybridized carbons (Fsp3) is 0.250. The van der Waals surface area contributed by atoms with Crippen LogP contribution in [0.15, 0.2) is 89.3 Å². The average molecular weight is 541 g/mol. The Morgan fingerprint density at radius 2 is 1.65 bits per heavy atom. The summed E-state index contributed by atoms with van der Waals surface area (Å²) in [6, 6.07) is 19.5. The van der Waals surface area contributed by atoms with E-state index >= 15 is 0 Å². The van der Waals surface area contributed by atoms with Gasteiger partial charge in [0.05, 0.1) is 21.3 Å². The zero-order chi connectivity index (χ0) is 28.4. The summed E-state index contributed by atoms with van der Waals surface area (Å²) in [4.78, 5) is 27.6. The first-order valence-electron chi connectivity index (χ1n) is 13.0. The second-order valence-electron chi connectivity index (χ2n) is 9.91. The molecule has 0 spiro atoms. The number of benzene rings is 3. The SMILES string of the molecule is COc1ccc(NC(=O)C2=C(C)NC3=C(C(=O)CC(c4ccc(OC)c(OC)c4)C3)C2c2cccc(O)c2)cc1. The van der Waals surface area contributed by atoms with Gasteiger partial charge in [0.1, 0.15) is 11.5 Å². The van der Waals surface area contributed by atoms with Crippen molar-refractivity contribution in [2.24, 2.45) is 0 Å². The highest BCUT2D eigenvalue weighted by molar-refractivity contribution is 6.10. The fourth-order valence-corrected chi connectivity index (χ4v) is 5.59. The molecule has 2 unspecified atom stereocenters. The Balaban J connectivity index is 1.53. The van der Waals surface area contributed by atoms with E-state index in [4.69, 9.17) is 14.2 Å². The number of hydrogen-bond donors (Lipinski definition) is 3. The van der Waals surface area contributed by atoms with Crippen molar-refractivity contribution in [2.75, 3.05) is 26.6 Å². The van der Waals surface area contributed by atoms with Crippen LogP contribution in [0.3, 0.4) is 0 Å². The molecular formula is C32H32N2O6. The molecule has 0 fully saturated rings. The number of hydrogen-bond acceptors (Lipinski definition) is 7. The van der Waals surface area contributed by atoms with E-state index in [1.54, 1.807) is 63.8 Å². The average Bonchev–Trinajstić information content (AvgIpc) is 2.96. The van der Waals surface area contributed by atoms with Gasteiger partial charge in [0.2, 0.25) is 0 Å². The summed E-state index contributed by atoms with van der Waals surface area (Å²) in [6.45, 7) is 1.84. The topological polar surface area (TPSA) is 106 Å². The number of rotatable bonds is 7. The predicted molar refractivity (Wildman–Crippen MR) is 152 cm³/mol. The Bertz CT molecular complexity index is 1520. The van der Waals surface area contributed by atoms with Crippen molar-refractivity contribution in [3.05, 3.63) is 100 Å². The number of anilines is 1. The molecule has 206 valence electrons. The molecule has 3 aromatic carbocycles. The summed E-state index contributed by atoms with van der Waals surface area (Å²) >= 11 is 0. The fourth-order valence-electron chi connectivity index (χ4n) is 5.59. The lowest BCUT2D eigenvalue weighted by molar-refractivity contribution is -0.116. The number of nitrogens with one attached hydrogen (secondary N) is 2. The third-order valence-electron chi connectivity index (χ3n) is 7.50. The van der Waals surface area contributed by atoms with Gasteiger partial charge in [0.25, 0.3) is 5.91 Å². The van der Waals surface area contributed by atoms with Gasteiger partial charge in [-0.15, -0.1) is 0 Å². The number of methoxy groups -OCH3 is 3. The third kappa shape index (κ3) is 5.12. The third-order valence-corrected chi connectivity index (χ3v) is 7.50. The number of phenolic OH excluding ortho intramolecular Hbond substituents is 1. The molecule has 5 rings (SSSR count). The molecule has 1 aliphatic carbocycles. The number of amides is 1. The predicted octanol–water partition coefficient (Wildman–Crippen LogP) is 5.42. The maximum Gasteiger partial charge on any atom is 0.254 e. The Morgan fingerprint density at radius 3 is 2.33 bits per heavy atom. The number of aromatic hydroxyl groups is 1. The van der Waals surface area contributed by atoms with Gasteiger partial charge in [-0.1, -0.05) is 18.2 Å². The van der Waals surface area contributed by atoms with Crippen LogP contribution < -0.4 is 24.8 Å². The van der Waals surface area contributed by atoms with Gasteiger partial charge < -0.3 is 30.0 Å². The quantitative estimate of drug-likeness (QED) is 0.368. The Kier molecular flexibility index (Phi) is 7.51. The zero-order valence-corrected chi connectivity index (χ0v) is 22.9. The van der Waals surface area contributed by atoms with Gasteiger partial charge in [-0.05, 0) is 78.9 Å². The zero-order valence-electron chi connectivity index (χ0n) is 22.9. The van der Waals surface area contributed by atoms with Crippen LogP contribution >= 0.6 is 0 Å². The molecule has 1 amide bonds. The van der Waals surface area contributed by atoms with Gasteiger partial charge in [-0.2, -0.15) is 0 Å². The summed E-state index contributed by atoms with van der Waals surface area (Å²) in [5, 5.41) is 16.6. The van der Waals surface area contributed by atoms with E-state index < -0.39 is 5.92 Å². The normalized spacial score (nSPS) is 18.6. The monoisotopic (exact) mass is 540 g/mol. The molecule has 2 aliphatic rings. The lowest BCUT2D eigenvalue weighted by atomic mass is 9.71. The van der Waals surface area contributed by atoms with Crippen molar-refractivity contribution in [2.45, 2.75) is 31.6 Å². The minimum atomic E-state index is -0.638. The van der Waals surface area contributed by atoms with Crippen LogP contribution in [0.5, 0.6) is 23.0 Å². The summed E-state index contributed by atoms with van der Waals surface area (Å²) in [6.07, 6.45) is 0.855. The van der Waals surface area contributed by atoms with Crippen LogP contribution in [0.4, 0.5) is 5.69 Å². The lowest BCUT2D eigenvalue weighted by Gasteiger charge is -2.37. The van der Waals surface area contributed by atoms with E-state index in [1.165, 1.54) is 0 Å². The second-order valence-corrected chi connectivity index (χ2v) is 9.91. The Morgan fingerprint density at radius 1 is 0.900 bits per heavy atom. The number of ketones is 1. The van der Waals surface area contributed by atoms with Crippen molar-refractivity contribution in [3.63, 3.8) is 0 Å². The maximum atomic E-state index is 13.9. The molecule has 0 radical (unpaired) electrons. The first kappa shape index (κ1) is 26.9. The summed E-state index contributed by atoms with van der Waals surface area (Å²) in [7, 11) is 4.75. The molecule has 0 bridgehead atoms. The number of carbonyl (C=O) groups is 2. The van der Waals surface area contributed by atoms with Crippen molar-refractivity contribution in [3.8, 4) is 23.0 Å². The minimum Gasteiger partial charge on any atom is -0.508 e. The molecule has 1 heterocycles. The van der Waals surface area contributed by atoms with Crippen LogP contribution in [0, 0.1) is 0 Å². The second kappa shape index (κ2) is 11.2. The number of Topliss-reactive ketones (excluding diaryl/α,β-unsaturated/α-hetero) is 1. The van der Waals surface area contributed by atoms with Gasteiger partial charge in [0, 0.05) is 40.6 Å². The summed E-state index contributed by atoms with van der Waals surface area (Å²) in [5.74, 6) is 0.879. The van der Waals surface area contributed by atoms with Gasteiger partial charge in [0.15, 0.2) is 17.3 Å². The molecule has 40 heavy (non-hydrogen) atoms. The number of phenols is 1. The molecule has 0 saturated carbocycles. The number of ether oxygens (including phenoxy) is 3.